The Labute approximate surface area is 105 Å². The maximum atomic E-state index is 11.1. The fourth-order valence-corrected chi connectivity index (χ4v) is 3.44. The molecule has 1 aliphatic heterocycles. The van der Waals surface area contributed by atoms with Crippen molar-refractivity contribution in [1.29, 1.82) is 0 Å². The number of cyclic esters (lactones) is 1. The van der Waals surface area contributed by atoms with Crippen molar-refractivity contribution >= 4 is 43.3 Å². The summed E-state index contributed by atoms with van der Waals surface area (Å²) < 4.78 is 7.35. The Balaban J connectivity index is 2.02. The highest BCUT2D eigenvalue weighted by atomic mass is 79.9. The molecule has 1 saturated heterocycles. The van der Waals surface area contributed by atoms with Gasteiger partial charge in [0.1, 0.15) is 0 Å². The third-order valence-corrected chi connectivity index (χ3v) is 4.53. The Morgan fingerprint density at radius 3 is 3.00 bits per heavy atom. The fraction of sp³-hybridized carbons (Fsp3) is 0.250. The molecule has 1 aromatic carbocycles. The molecular formula is C12H9BrO2S. The van der Waals surface area contributed by atoms with Gasteiger partial charge in [-0.05, 0) is 29.7 Å². The van der Waals surface area contributed by atoms with E-state index in [-0.39, 0.29) is 11.9 Å². The van der Waals surface area contributed by atoms with E-state index in [1.165, 1.54) is 15.0 Å². The van der Waals surface area contributed by atoms with Crippen LogP contribution in [0.5, 0.6) is 0 Å². The zero-order valence-electron chi connectivity index (χ0n) is 8.40. The van der Waals surface area contributed by atoms with Gasteiger partial charge in [-0.25, -0.2) is 0 Å². The van der Waals surface area contributed by atoms with Gasteiger partial charge in [0, 0.05) is 20.0 Å². The van der Waals surface area contributed by atoms with Crippen molar-refractivity contribution in [3.05, 3.63) is 33.6 Å². The van der Waals surface area contributed by atoms with Gasteiger partial charge in [-0.2, -0.15) is 0 Å². The molecule has 16 heavy (non-hydrogen) atoms. The topological polar surface area (TPSA) is 26.3 Å². The minimum absolute atomic E-state index is 0.0800. The van der Waals surface area contributed by atoms with Crippen molar-refractivity contribution in [2.75, 3.05) is 6.61 Å². The number of hydrogen-bond acceptors (Lipinski definition) is 3. The van der Waals surface area contributed by atoms with Gasteiger partial charge < -0.3 is 4.74 Å². The lowest BCUT2D eigenvalue weighted by Crippen LogP contribution is -1.93. The van der Waals surface area contributed by atoms with Gasteiger partial charge in [-0.1, -0.05) is 15.9 Å². The molecule has 1 atom stereocenters. The van der Waals surface area contributed by atoms with Crippen LogP contribution < -0.4 is 0 Å². The molecule has 1 aromatic heterocycles. The van der Waals surface area contributed by atoms with Crippen LogP contribution in [0.2, 0.25) is 0 Å². The van der Waals surface area contributed by atoms with Gasteiger partial charge in [0.2, 0.25) is 0 Å². The maximum Gasteiger partial charge on any atom is 0.306 e. The van der Waals surface area contributed by atoms with Crippen LogP contribution in [0, 0.1) is 0 Å². The van der Waals surface area contributed by atoms with E-state index in [1.807, 2.05) is 6.07 Å². The van der Waals surface area contributed by atoms with Crippen LogP contribution in [0.3, 0.4) is 0 Å². The number of fused-ring (bicyclic) bond motifs is 1. The summed E-state index contributed by atoms with van der Waals surface area (Å²) in [5.41, 5.74) is 0. The van der Waals surface area contributed by atoms with Crippen LogP contribution in [0.4, 0.5) is 0 Å². The van der Waals surface area contributed by atoms with Crippen LogP contribution in [0.1, 0.15) is 17.2 Å². The predicted molar refractivity (Wildman–Crippen MR) is 67.8 cm³/mol. The van der Waals surface area contributed by atoms with E-state index < -0.39 is 0 Å². The normalized spacial score (nSPS) is 20.3. The first-order chi connectivity index (χ1) is 7.72. The molecule has 1 aliphatic rings. The molecule has 0 spiro atoms. The lowest BCUT2D eigenvalue weighted by atomic mass is 10.1. The molecule has 4 heteroatoms. The molecule has 2 aromatic rings. The van der Waals surface area contributed by atoms with E-state index in [0.29, 0.717) is 13.0 Å². The van der Waals surface area contributed by atoms with E-state index in [1.54, 1.807) is 11.3 Å². The Hall–Kier alpha value is -0.870. The second-order valence-electron chi connectivity index (χ2n) is 3.91. The number of esters is 1. The summed E-state index contributed by atoms with van der Waals surface area (Å²) in [7, 11) is 0. The summed E-state index contributed by atoms with van der Waals surface area (Å²) in [6.07, 6.45) is 0.522. The van der Waals surface area contributed by atoms with Gasteiger partial charge in [0.15, 0.2) is 0 Å². The van der Waals surface area contributed by atoms with E-state index >= 15 is 0 Å². The van der Waals surface area contributed by atoms with Gasteiger partial charge in [0.25, 0.3) is 0 Å². The fourth-order valence-electron chi connectivity index (χ4n) is 1.93. The summed E-state index contributed by atoms with van der Waals surface area (Å²) in [6.45, 7) is 0.535. The zero-order valence-corrected chi connectivity index (χ0v) is 10.8. The number of carbonyl (C=O) groups excluding carboxylic acids is 1. The maximum absolute atomic E-state index is 11.1. The van der Waals surface area contributed by atoms with E-state index in [2.05, 4.69) is 34.1 Å². The van der Waals surface area contributed by atoms with Gasteiger partial charge in [0.05, 0.1) is 13.0 Å². The van der Waals surface area contributed by atoms with Crippen molar-refractivity contribution in [1.82, 2.24) is 0 Å². The standard InChI is InChI=1S/C12H9BrO2S/c13-9-1-2-10-7(3-9)4-11(16-10)8-5-12(14)15-6-8/h1-4,8H,5-6H2. The summed E-state index contributed by atoms with van der Waals surface area (Å²) >= 11 is 5.21. The van der Waals surface area contributed by atoms with Crippen LogP contribution in [0.25, 0.3) is 10.1 Å². The SMILES string of the molecule is O=C1CC(c2cc3cc(Br)ccc3s2)CO1. The van der Waals surface area contributed by atoms with Crippen LogP contribution >= 0.6 is 27.3 Å². The lowest BCUT2D eigenvalue weighted by molar-refractivity contribution is -0.137. The molecule has 0 amide bonds. The molecule has 0 aliphatic carbocycles. The molecule has 0 N–H and O–H groups in total. The number of thiophene rings is 1. The number of carbonyl (C=O) groups is 1. The molecule has 1 unspecified atom stereocenters. The second kappa shape index (κ2) is 3.86. The lowest BCUT2D eigenvalue weighted by Gasteiger charge is -1.99. The van der Waals surface area contributed by atoms with Gasteiger partial charge in [-0.3, -0.25) is 4.79 Å². The van der Waals surface area contributed by atoms with Gasteiger partial charge in [-0.15, -0.1) is 11.3 Å². The third kappa shape index (κ3) is 1.76. The van der Waals surface area contributed by atoms with Crippen LogP contribution in [-0.4, -0.2) is 12.6 Å². The van der Waals surface area contributed by atoms with Crippen molar-refractivity contribution in [3.63, 3.8) is 0 Å². The molecular weight excluding hydrogens is 288 g/mol. The average molecular weight is 297 g/mol. The van der Waals surface area contributed by atoms with E-state index in [4.69, 9.17) is 4.74 Å². The first kappa shape index (κ1) is 10.3. The summed E-state index contributed by atoms with van der Waals surface area (Å²) in [5.74, 6) is 0.173. The van der Waals surface area contributed by atoms with Crippen molar-refractivity contribution in [3.8, 4) is 0 Å². The Morgan fingerprint density at radius 1 is 1.38 bits per heavy atom. The molecule has 2 heterocycles. The van der Waals surface area contributed by atoms with E-state index in [0.717, 1.165) is 4.47 Å². The Bertz CT molecular complexity index is 561. The smallest absolute Gasteiger partial charge is 0.306 e. The minimum Gasteiger partial charge on any atom is -0.465 e. The second-order valence-corrected chi connectivity index (χ2v) is 5.95. The highest BCUT2D eigenvalue weighted by molar-refractivity contribution is 9.10. The largest absolute Gasteiger partial charge is 0.465 e. The van der Waals surface area contributed by atoms with Crippen molar-refractivity contribution in [2.24, 2.45) is 0 Å². The summed E-state index contributed by atoms with van der Waals surface area (Å²) in [6, 6.07) is 8.41. The Kier molecular flexibility index (Phi) is 2.48. The van der Waals surface area contributed by atoms with Crippen molar-refractivity contribution < 1.29 is 9.53 Å². The molecule has 3 rings (SSSR count). The molecule has 0 radical (unpaired) electrons. The quantitative estimate of drug-likeness (QED) is 0.750. The molecule has 82 valence electrons. The first-order valence-corrected chi connectivity index (χ1v) is 6.68. The monoisotopic (exact) mass is 296 g/mol. The zero-order chi connectivity index (χ0) is 11.1. The van der Waals surface area contributed by atoms with Crippen molar-refractivity contribution in [2.45, 2.75) is 12.3 Å². The van der Waals surface area contributed by atoms with Crippen LogP contribution in [-0.2, 0) is 9.53 Å². The number of ether oxygens (including phenoxy) is 1. The van der Waals surface area contributed by atoms with Crippen LogP contribution in [0.15, 0.2) is 28.7 Å². The Morgan fingerprint density at radius 2 is 2.25 bits per heavy atom. The number of benzene rings is 1. The predicted octanol–water partition coefficient (Wildman–Crippen LogP) is 3.69. The molecule has 2 nitrogen and oxygen atoms in total. The summed E-state index contributed by atoms with van der Waals surface area (Å²) in [4.78, 5) is 12.3. The van der Waals surface area contributed by atoms with E-state index in [9.17, 15) is 4.79 Å². The first-order valence-electron chi connectivity index (χ1n) is 5.07. The summed E-state index contributed by atoms with van der Waals surface area (Å²) in [5, 5.41) is 1.23. The minimum atomic E-state index is -0.0800. The molecule has 1 fully saturated rings. The molecule has 0 saturated carbocycles. The highest BCUT2D eigenvalue weighted by Crippen LogP contribution is 2.36. The third-order valence-electron chi connectivity index (χ3n) is 2.76. The average Bonchev–Trinajstić information content (AvgIpc) is 2.83. The number of hydrogen-bond donors (Lipinski definition) is 0. The highest BCUT2D eigenvalue weighted by Gasteiger charge is 2.26. The van der Waals surface area contributed by atoms with Gasteiger partial charge >= 0.3 is 5.97 Å². The number of halogens is 1. The number of rotatable bonds is 1. The molecule has 0 bridgehead atoms.